The summed E-state index contributed by atoms with van der Waals surface area (Å²) in [5.74, 6) is -0.938. The molecular weight excluding hydrogens is 162 g/mol. The van der Waals surface area contributed by atoms with Gasteiger partial charge in [0.25, 0.3) is 0 Å². The van der Waals surface area contributed by atoms with Crippen LogP contribution < -0.4 is 0 Å². The molecule has 12 heavy (non-hydrogen) atoms. The zero-order valence-corrected chi connectivity index (χ0v) is 7.02. The number of hydrogen-bond donors (Lipinski definition) is 0. The summed E-state index contributed by atoms with van der Waals surface area (Å²) in [6, 6.07) is -0.702. The molecule has 1 rings (SSSR count). The molecule has 0 amide bonds. The standard InChI is InChI=1S/C7H11NO4/c1-4-6(3-12-7(4)9)5(2)8(10)11/h4-6H,3H2,1-2H3/t4-,5?,6+/m0/s1. The molecule has 0 spiro atoms. The smallest absolute Gasteiger partial charge is 0.309 e. The van der Waals surface area contributed by atoms with Crippen molar-refractivity contribution in [3.05, 3.63) is 10.1 Å². The molecule has 0 radical (unpaired) electrons. The SMILES string of the molecule is CC([C@@H]1COC(=O)[C@H]1C)[N+](=O)[O-]. The van der Waals surface area contributed by atoms with Crippen LogP contribution in [0.15, 0.2) is 0 Å². The van der Waals surface area contributed by atoms with Crippen LogP contribution in [0, 0.1) is 22.0 Å². The van der Waals surface area contributed by atoms with Crippen molar-refractivity contribution in [2.24, 2.45) is 11.8 Å². The van der Waals surface area contributed by atoms with Gasteiger partial charge in [-0.1, -0.05) is 6.92 Å². The second-order valence-corrected chi connectivity index (χ2v) is 3.11. The van der Waals surface area contributed by atoms with Gasteiger partial charge in [-0.25, -0.2) is 0 Å². The van der Waals surface area contributed by atoms with Crippen LogP contribution in [0.4, 0.5) is 0 Å². The number of rotatable bonds is 2. The van der Waals surface area contributed by atoms with E-state index in [2.05, 4.69) is 0 Å². The van der Waals surface area contributed by atoms with Crippen LogP contribution in [-0.2, 0) is 9.53 Å². The highest BCUT2D eigenvalue weighted by molar-refractivity contribution is 5.74. The van der Waals surface area contributed by atoms with E-state index in [1.165, 1.54) is 6.92 Å². The first kappa shape index (κ1) is 8.96. The van der Waals surface area contributed by atoms with Gasteiger partial charge in [0.05, 0.1) is 11.8 Å². The number of esters is 1. The lowest BCUT2D eigenvalue weighted by atomic mass is 9.91. The molecule has 1 unspecified atom stereocenters. The first-order valence-electron chi connectivity index (χ1n) is 3.84. The summed E-state index contributed by atoms with van der Waals surface area (Å²) >= 11 is 0. The Hall–Kier alpha value is -1.13. The average molecular weight is 173 g/mol. The molecule has 0 aliphatic carbocycles. The number of nitro groups is 1. The molecular formula is C7H11NO4. The van der Waals surface area contributed by atoms with Gasteiger partial charge in [0.2, 0.25) is 6.04 Å². The van der Waals surface area contributed by atoms with Crippen molar-refractivity contribution in [3.63, 3.8) is 0 Å². The van der Waals surface area contributed by atoms with Crippen LogP contribution in [0.5, 0.6) is 0 Å². The Balaban J connectivity index is 2.65. The quantitative estimate of drug-likeness (QED) is 0.345. The molecule has 5 heteroatoms. The Morgan fingerprint density at radius 1 is 1.75 bits per heavy atom. The van der Waals surface area contributed by atoms with Gasteiger partial charge in [-0.05, 0) is 0 Å². The molecule has 5 nitrogen and oxygen atoms in total. The molecule has 0 aromatic rings. The fourth-order valence-corrected chi connectivity index (χ4v) is 1.34. The number of ether oxygens (including phenoxy) is 1. The van der Waals surface area contributed by atoms with Gasteiger partial charge in [-0.3, -0.25) is 14.9 Å². The first-order valence-corrected chi connectivity index (χ1v) is 3.84. The Labute approximate surface area is 69.9 Å². The maximum absolute atomic E-state index is 10.9. The van der Waals surface area contributed by atoms with Gasteiger partial charge in [0.1, 0.15) is 6.61 Å². The highest BCUT2D eigenvalue weighted by Crippen LogP contribution is 2.25. The molecule has 0 aromatic heterocycles. The van der Waals surface area contributed by atoms with Crippen molar-refractivity contribution in [2.75, 3.05) is 6.61 Å². The minimum absolute atomic E-state index is 0.183. The lowest BCUT2D eigenvalue weighted by molar-refractivity contribution is -0.528. The normalized spacial score (nSPS) is 31.3. The minimum atomic E-state index is -0.702. The average Bonchev–Trinajstić information content (AvgIpc) is 2.32. The van der Waals surface area contributed by atoms with Crippen LogP contribution in [-0.4, -0.2) is 23.5 Å². The largest absolute Gasteiger partial charge is 0.465 e. The molecule has 1 aliphatic heterocycles. The summed E-state index contributed by atoms with van der Waals surface area (Å²) in [5.41, 5.74) is 0. The van der Waals surface area contributed by atoms with Gasteiger partial charge < -0.3 is 4.74 Å². The summed E-state index contributed by atoms with van der Waals surface area (Å²) < 4.78 is 4.71. The Bertz CT molecular complexity index is 215. The van der Waals surface area contributed by atoms with Crippen molar-refractivity contribution in [1.82, 2.24) is 0 Å². The van der Waals surface area contributed by atoms with Crippen molar-refractivity contribution < 1.29 is 14.5 Å². The maximum Gasteiger partial charge on any atom is 0.309 e. The highest BCUT2D eigenvalue weighted by Gasteiger charge is 2.41. The van der Waals surface area contributed by atoms with Crippen molar-refractivity contribution in [1.29, 1.82) is 0 Å². The first-order chi connectivity index (χ1) is 5.54. The number of cyclic esters (lactones) is 1. The third-order valence-corrected chi connectivity index (χ3v) is 2.38. The minimum Gasteiger partial charge on any atom is -0.465 e. The number of hydrogen-bond acceptors (Lipinski definition) is 4. The fourth-order valence-electron chi connectivity index (χ4n) is 1.34. The number of nitrogens with zero attached hydrogens (tertiary/aromatic N) is 1. The summed E-state index contributed by atoms with van der Waals surface area (Å²) in [4.78, 5) is 20.9. The van der Waals surface area contributed by atoms with E-state index in [-0.39, 0.29) is 29.3 Å². The molecule has 1 saturated heterocycles. The van der Waals surface area contributed by atoms with Crippen molar-refractivity contribution >= 4 is 5.97 Å². The van der Waals surface area contributed by atoms with Gasteiger partial charge in [-0.15, -0.1) is 0 Å². The molecule has 1 heterocycles. The Morgan fingerprint density at radius 3 is 2.67 bits per heavy atom. The van der Waals surface area contributed by atoms with Crippen LogP contribution in [0.3, 0.4) is 0 Å². The zero-order valence-electron chi connectivity index (χ0n) is 7.02. The fraction of sp³-hybridized carbons (Fsp3) is 0.857. The van der Waals surface area contributed by atoms with E-state index in [0.717, 1.165) is 0 Å². The van der Waals surface area contributed by atoms with E-state index in [4.69, 9.17) is 4.74 Å². The van der Waals surface area contributed by atoms with E-state index < -0.39 is 6.04 Å². The molecule has 68 valence electrons. The molecule has 1 aliphatic rings. The van der Waals surface area contributed by atoms with E-state index >= 15 is 0 Å². The lowest BCUT2D eigenvalue weighted by Crippen LogP contribution is -2.30. The van der Waals surface area contributed by atoms with E-state index in [1.54, 1.807) is 6.92 Å². The summed E-state index contributed by atoms with van der Waals surface area (Å²) in [5, 5.41) is 10.4. The predicted octanol–water partition coefficient (Wildman–Crippen LogP) is 0.461. The molecule has 3 atom stereocenters. The highest BCUT2D eigenvalue weighted by atomic mass is 16.6. The summed E-state index contributed by atoms with van der Waals surface area (Å²) in [6.07, 6.45) is 0. The van der Waals surface area contributed by atoms with Crippen LogP contribution in [0.25, 0.3) is 0 Å². The van der Waals surface area contributed by atoms with E-state index in [1.807, 2.05) is 0 Å². The second kappa shape index (κ2) is 3.08. The second-order valence-electron chi connectivity index (χ2n) is 3.11. The third-order valence-electron chi connectivity index (χ3n) is 2.38. The van der Waals surface area contributed by atoms with E-state index in [0.29, 0.717) is 0 Å². The van der Waals surface area contributed by atoms with Gasteiger partial charge in [0, 0.05) is 11.8 Å². The Morgan fingerprint density at radius 2 is 2.33 bits per heavy atom. The molecule has 1 fully saturated rings. The van der Waals surface area contributed by atoms with Gasteiger partial charge in [-0.2, -0.15) is 0 Å². The summed E-state index contributed by atoms with van der Waals surface area (Å²) in [7, 11) is 0. The van der Waals surface area contributed by atoms with Crippen LogP contribution in [0.1, 0.15) is 13.8 Å². The van der Waals surface area contributed by atoms with Gasteiger partial charge >= 0.3 is 5.97 Å². The predicted molar refractivity (Wildman–Crippen MR) is 40.1 cm³/mol. The van der Waals surface area contributed by atoms with E-state index in [9.17, 15) is 14.9 Å². The van der Waals surface area contributed by atoms with Crippen molar-refractivity contribution in [2.45, 2.75) is 19.9 Å². The molecule has 0 N–H and O–H groups in total. The third kappa shape index (κ3) is 1.39. The lowest BCUT2D eigenvalue weighted by Gasteiger charge is -2.11. The molecule has 0 saturated carbocycles. The Kier molecular flexibility index (Phi) is 2.30. The summed E-state index contributed by atoms with van der Waals surface area (Å²) in [6.45, 7) is 3.35. The van der Waals surface area contributed by atoms with Crippen LogP contribution >= 0.6 is 0 Å². The van der Waals surface area contributed by atoms with Crippen LogP contribution in [0.2, 0.25) is 0 Å². The van der Waals surface area contributed by atoms with Gasteiger partial charge in [0.15, 0.2) is 0 Å². The maximum atomic E-state index is 10.9. The molecule has 0 bridgehead atoms. The topological polar surface area (TPSA) is 69.4 Å². The van der Waals surface area contributed by atoms with Crippen molar-refractivity contribution in [3.8, 4) is 0 Å². The monoisotopic (exact) mass is 173 g/mol. The zero-order chi connectivity index (χ0) is 9.30. The number of carbonyl (C=O) groups excluding carboxylic acids is 1. The molecule has 0 aromatic carbocycles. The number of carbonyl (C=O) groups is 1.